The van der Waals surface area contributed by atoms with Crippen molar-refractivity contribution in [2.75, 3.05) is 6.67 Å². The maximum absolute atomic E-state index is 4.01. The third kappa shape index (κ3) is 4.07. The Morgan fingerprint density at radius 2 is 2.20 bits per heavy atom. The topological polar surface area (TPSA) is 24.1 Å². The van der Waals surface area contributed by atoms with Gasteiger partial charge in [0.25, 0.3) is 0 Å². The number of nitrogens with one attached hydrogen (secondary N) is 2. The van der Waals surface area contributed by atoms with Crippen LogP contribution in [0.4, 0.5) is 0 Å². The summed E-state index contributed by atoms with van der Waals surface area (Å²) in [6, 6.07) is 0. The molecule has 0 saturated heterocycles. The molecule has 0 bridgehead atoms. The van der Waals surface area contributed by atoms with E-state index in [1.807, 2.05) is 18.4 Å². The fourth-order valence-electron chi connectivity index (χ4n) is 1.43. The third-order valence-corrected chi connectivity index (χ3v) is 2.43. The summed E-state index contributed by atoms with van der Waals surface area (Å²) in [5.74, 6) is 0. The maximum Gasteiger partial charge on any atom is 0.0845 e. The molecule has 1 aliphatic rings. The van der Waals surface area contributed by atoms with Crippen LogP contribution in [0.1, 0.15) is 26.7 Å². The predicted molar refractivity (Wildman–Crippen MR) is 66.2 cm³/mol. The summed E-state index contributed by atoms with van der Waals surface area (Å²) >= 11 is 0. The average Bonchev–Trinajstić information content (AvgIpc) is 2.75. The van der Waals surface area contributed by atoms with Gasteiger partial charge in [0.1, 0.15) is 0 Å². The Bertz CT molecular complexity index is 302. The van der Waals surface area contributed by atoms with Crippen LogP contribution in [0.2, 0.25) is 0 Å². The molecule has 0 radical (unpaired) electrons. The first-order valence-corrected chi connectivity index (χ1v) is 5.50. The van der Waals surface area contributed by atoms with Crippen LogP contribution in [-0.2, 0) is 0 Å². The van der Waals surface area contributed by atoms with Crippen molar-refractivity contribution in [3.63, 3.8) is 0 Å². The van der Waals surface area contributed by atoms with E-state index in [2.05, 4.69) is 37.1 Å². The summed E-state index contributed by atoms with van der Waals surface area (Å²) in [6.07, 6.45) is 10.4. The Kier molecular flexibility index (Phi) is 4.75. The summed E-state index contributed by atoms with van der Waals surface area (Å²) in [5, 5.41) is 6.28. The molecule has 82 valence electrons. The molecule has 0 aromatic heterocycles. The number of rotatable bonds is 5. The summed E-state index contributed by atoms with van der Waals surface area (Å²) in [6.45, 7) is 9.19. The van der Waals surface area contributed by atoms with Crippen LogP contribution in [0.25, 0.3) is 0 Å². The molecule has 2 heteroatoms. The van der Waals surface area contributed by atoms with Crippen molar-refractivity contribution in [3.8, 4) is 0 Å². The van der Waals surface area contributed by atoms with Gasteiger partial charge in [0.05, 0.1) is 12.4 Å². The molecule has 0 aromatic carbocycles. The molecule has 0 aliphatic carbocycles. The number of allylic oxidation sites excluding steroid dienone is 5. The fourth-order valence-corrected chi connectivity index (χ4v) is 1.43. The molecule has 1 rings (SSSR count). The van der Waals surface area contributed by atoms with E-state index in [1.165, 1.54) is 5.57 Å². The smallest absolute Gasteiger partial charge is 0.0845 e. The monoisotopic (exact) mass is 204 g/mol. The molecular weight excluding hydrogens is 184 g/mol. The van der Waals surface area contributed by atoms with Crippen LogP contribution in [0.5, 0.6) is 0 Å². The Morgan fingerprint density at radius 3 is 2.73 bits per heavy atom. The normalized spacial score (nSPS) is 14.4. The zero-order chi connectivity index (χ0) is 11.1. The van der Waals surface area contributed by atoms with Gasteiger partial charge in [-0.3, -0.25) is 0 Å². The summed E-state index contributed by atoms with van der Waals surface area (Å²) in [4.78, 5) is 0. The van der Waals surface area contributed by atoms with Gasteiger partial charge in [-0.05, 0) is 24.5 Å². The van der Waals surface area contributed by atoms with Crippen LogP contribution in [0, 0.1) is 0 Å². The van der Waals surface area contributed by atoms with Gasteiger partial charge < -0.3 is 10.6 Å². The molecule has 1 heterocycles. The SMILES string of the molecule is C=C(C=C(CC)CC)/C=C\C1=CNCN1. The van der Waals surface area contributed by atoms with Gasteiger partial charge in [0, 0.05) is 6.20 Å². The van der Waals surface area contributed by atoms with Gasteiger partial charge in [-0.2, -0.15) is 0 Å². The highest BCUT2D eigenvalue weighted by Crippen LogP contribution is 2.10. The van der Waals surface area contributed by atoms with Crippen LogP contribution in [0.3, 0.4) is 0 Å². The number of hydrogen-bond acceptors (Lipinski definition) is 2. The third-order valence-electron chi connectivity index (χ3n) is 2.43. The highest BCUT2D eigenvalue weighted by molar-refractivity contribution is 5.34. The molecule has 2 N–H and O–H groups in total. The minimum absolute atomic E-state index is 0.817. The van der Waals surface area contributed by atoms with Crippen molar-refractivity contribution in [2.45, 2.75) is 26.7 Å². The van der Waals surface area contributed by atoms with E-state index in [1.54, 1.807) is 0 Å². The summed E-state index contributed by atoms with van der Waals surface area (Å²) < 4.78 is 0. The van der Waals surface area contributed by atoms with Crippen LogP contribution >= 0.6 is 0 Å². The zero-order valence-electron chi connectivity index (χ0n) is 9.64. The van der Waals surface area contributed by atoms with Crippen molar-refractivity contribution in [3.05, 3.63) is 47.9 Å². The quantitative estimate of drug-likeness (QED) is 0.673. The zero-order valence-corrected chi connectivity index (χ0v) is 9.64. The van der Waals surface area contributed by atoms with E-state index in [0.717, 1.165) is 30.8 Å². The molecule has 0 aromatic rings. The van der Waals surface area contributed by atoms with Gasteiger partial charge >= 0.3 is 0 Å². The predicted octanol–water partition coefficient (Wildman–Crippen LogP) is 2.84. The molecule has 15 heavy (non-hydrogen) atoms. The van der Waals surface area contributed by atoms with Gasteiger partial charge in [-0.1, -0.05) is 38.2 Å². The molecule has 0 spiro atoms. The minimum atomic E-state index is 0.817. The van der Waals surface area contributed by atoms with E-state index in [0.29, 0.717) is 0 Å². The van der Waals surface area contributed by atoms with Crippen molar-refractivity contribution in [2.24, 2.45) is 0 Å². The first kappa shape index (κ1) is 11.6. The van der Waals surface area contributed by atoms with Crippen LogP contribution in [-0.4, -0.2) is 6.67 Å². The fraction of sp³-hybridized carbons (Fsp3) is 0.385. The summed E-state index contributed by atoms with van der Waals surface area (Å²) in [5.41, 5.74) is 3.61. The lowest BCUT2D eigenvalue weighted by molar-refractivity contribution is 0.822. The average molecular weight is 204 g/mol. The largest absolute Gasteiger partial charge is 0.372 e. The lowest BCUT2D eigenvalue weighted by Gasteiger charge is -2.00. The lowest BCUT2D eigenvalue weighted by atomic mass is 10.1. The van der Waals surface area contributed by atoms with Crippen molar-refractivity contribution in [1.82, 2.24) is 10.6 Å². The van der Waals surface area contributed by atoms with E-state index >= 15 is 0 Å². The highest BCUT2D eigenvalue weighted by atomic mass is 15.1. The van der Waals surface area contributed by atoms with Crippen LogP contribution in [0.15, 0.2) is 47.9 Å². The van der Waals surface area contributed by atoms with E-state index in [9.17, 15) is 0 Å². The molecule has 1 aliphatic heterocycles. The van der Waals surface area contributed by atoms with E-state index < -0.39 is 0 Å². The van der Waals surface area contributed by atoms with E-state index in [4.69, 9.17) is 0 Å². The molecule has 0 saturated carbocycles. The molecule has 0 fully saturated rings. The molecule has 0 amide bonds. The van der Waals surface area contributed by atoms with Gasteiger partial charge in [-0.15, -0.1) is 0 Å². The second-order valence-electron chi connectivity index (χ2n) is 3.58. The lowest BCUT2D eigenvalue weighted by Crippen LogP contribution is -2.13. The Morgan fingerprint density at radius 1 is 1.47 bits per heavy atom. The Hall–Kier alpha value is -1.44. The summed E-state index contributed by atoms with van der Waals surface area (Å²) in [7, 11) is 0. The Labute approximate surface area is 92.5 Å². The Balaban J connectivity index is 2.51. The second kappa shape index (κ2) is 6.12. The first-order chi connectivity index (χ1) is 7.26. The molecule has 0 atom stereocenters. The van der Waals surface area contributed by atoms with Gasteiger partial charge in [-0.25, -0.2) is 0 Å². The van der Waals surface area contributed by atoms with Gasteiger partial charge in [0.2, 0.25) is 0 Å². The van der Waals surface area contributed by atoms with Crippen molar-refractivity contribution >= 4 is 0 Å². The van der Waals surface area contributed by atoms with Crippen LogP contribution < -0.4 is 10.6 Å². The first-order valence-electron chi connectivity index (χ1n) is 5.50. The molecule has 2 nitrogen and oxygen atoms in total. The second-order valence-corrected chi connectivity index (χ2v) is 3.58. The van der Waals surface area contributed by atoms with Crippen molar-refractivity contribution in [1.29, 1.82) is 0 Å². The molecular formula is C13H20N2. The minimum Gasteiger partial charge on any atom is -0.372 e. The number of hydrogen-bond donors (Lipinski definition) is 2. The van der Waals surface area contributed by atoms with Gasteiger partial charge in [0.15, 0.2) is 0 Å². The van der Waals surface area contributed by atoms with Crippen molar-refractivity contribution < 1.29 is 0 Å². The highest BCUT2D eigenvalue weighted by Gasteiger charge is 1.96. The van der Waals surface area contributed by atoms with E-state index in [-0.39, 0.29) is 0 Å². The molecule has 0 unspecified atom stereocenters. The standard InChI is InChI=1S/C13H20N2/c1-4-12(5-2)8-11(3)6-7-13-9-14-10-15-13/h6-9,14-15H,3-5,10H2,1-2H3/b7-6-. The maximum atomic E-state index is 4.01.